The lowest BCUT2D eigenvalue weighted by Crippen LogP contribution is -2.36. The normalized spacial score (nSPS) is 21.5. The van der Waals surface area contributed by atoms with Gasteiger partial charge in [-0.15, -0.1) is 0 Å². The van der Waals surface area contributed by atoms with E-state index in [-0.39, 0.29) is 18.2 Å². The average molecular weight is 331 g/mol. The van der Waals surface area contributed by atoms with Gasteiger partial charge in [0.2, 0.25) is 5.91 Å². The third-order valence-electron chi connectivity index (χ3n) is 4.69. The molecule has 0 saturated carbocycles. The van der Waals surface area contributed by atoms with Gasteiger partial charge in [0.05, 0.1) is 19.6 Å². The third-order valence-corrected chi connectivity index (χ3v) is 4.69. The standard InChI is InChI=1S/C18H25N3O3/c1-24-12-11-21-17(22)13-16(18(21)23)19-14-5-7-15(8-6-14)20-9-3-2-4-10-20/h5-8,16,19H,2-4,9-13H2,1H3/t16-/m0/s1. The molecule has 6 nitrogen and oxygen atoms in total. The quantitative estimate of drug-likeness (QED) is 0.806. The van der Waals surface area contributed by atoms with Gasteiger partial charge in [-0.3, -0.25) is 14.5 Å². The molecule has 2 fully saturated rings. The van der Waals surface area contributed by atoms with E-state index in [0.29, 0.717) is 13.2 Å². The van der Waals surface area contributed by atoms with Crippen LogP contribution in [0.5, 0.6) is 0 Å². The number of imide groups is 1. The van der Waals surface area contributed by atoms with Crippen molar-refractivity contribution < 1.29 is 14.3 Å². The van der Waals surface area contributed by atoms with Gasteiger partial charge >= 0.3 is 0 Å². The van der Waals surface area contributed by atoms with E-state index in [0.717, 1.165) is 18.8 Å². The number of likely N-dealkylation sites (tertiary alicyclic amines) is 1. The molecule has 0 radical (unpaired) electrons. The maximum atomic E-state index is 12.3. The fourth-order valence-corrected chi connectivity index (χ4v) is 3.34. The zero-order valence-corrected chi connectivity index (χ0v) is 14.2. The van der Waals surface area contributed by atoms with Crippen molar-refractivity contribution in [1.82, 2.24) is 4.90 Å². The first kappa shape index (κ1) is 16.8. The van der Waals surface area contributed by atoms with Crippen molar-refractivity contribution in [3.05, 3.63) is 24.3 Å². The Kier molecular flexibility index (Phi) is 5.35. The molecule has 6 heteroatoms. The van der Waals surface area contributed by atoms with Gasteiger partial charge in [-0.1, -0.05) is 0 Å². The molecule has 24 heavy (non-hydrogen) atoms. The second-order valence-electron chi connectivity index (χ2n) is 6.37. The Bertz CT molecular complexity index is 582. The number of hydrogen-bond acceptors (Lipinski definition) is 5. The number of ether oxygens (including phenoxy) is 1. The lowest BCUT2D eigenvalue weighted by atomic mass is 10.1. The fraction of sp³-hybridized carbons (Fsp3) is 0.556. The number of benzene rings is 1. The molecule has 2 amide bonds. The molecule has 130 valence electrons. The highest BCUT2D eigenvalue weighted by Crippen LogP contribution is 2.23. The Morgan fingerprint density at radius 1 is 1.12 bits per heavy atom. The first-order chi connectivity index (χ1) is 11.7. The molecule has 0 aromatic heterocycles. The Morgan fingerprint density at radius 2 is 1.83 bits per heavy atom. The summed E-state index contributed by atoms with van der Waals surface area (Å²) in [7, 11) is 1.56. The van der Waals surface area contributed by atoms with Crippen molar-refractivity contribution in [2.24, 2.45) is 0 Å². The number of anilines is 2. The Hall–Kier alpha value is -2.08. The summed E-state index contributed by atoms with van der Waals surface area (Å²) < 4.78 is 4.95. The highest BCUT2D eigenvalue weighted by Gasteiger charge is 2.38. The van der Waals surface area contributed by atoms with Crippen LogP contribution in [0.1, 0.15) is 25.7 Å². The summed E-state index contributed by atoms with van der Waals surface area (Å²) in [6.07, 6.45) is 4.01. The van der Waals surface area contributed by atoms with Crippen LogP contribution in [-0.4, -0.2) is 56.1 Å². The Morgan fingerprint density at radius 3 is 2.50 bits per heavy atom. The number of rotatable bonds is 6. The van der Waals surface area contributed by atoms with Crippen molar-refractivity contribution in [3.63, 3.8) is 0 Å². The average Bonchev–Trinajstić information content (AvgIpc) is 2.88. The molecular weight excluding hydrogens is 306 g/mol. The molecule has 0 aliphatic carbocycles. The minimum absolute atomic E-state index is 0.139. The molecule has 0 spiro atoms. The molecule has 2 heterocycles. The van der Waals surface area contributed by atoms with Crippen LogP contribution in [0.15, 0.2) is 24.3 Å². The lowest BCUT2D eigenvalue weighted by molar-refractivity contribution is -0.139. The predicted molar refractivity (Wildman–Crippen MR) is 93.1 cm³/mol. The number of hydrogen-bond donors (Lipinski definition) is 1. The SMILES string of the molecule is COCCN1C(=O)C[C@H](Nc2ccc(N3CCCCC3)cc2)C1=O. The Labute approximate surface area is 142 Å². The number of piperidine rings is 1. The van der Waals surface area contributed by atoms with Crippen LogP contribution in [0.2, 0.25) is 0 Å². The van der Waals surface area contributed by atoms with Gasteiger partial charge in [-0.25, -0.2) is 0 Å². The summed E-state index contributed by atoms with van der Waals surface area (Å²) in [6.45, 7) is 2.91. The highest BCUT2D eigenvalue weighted by atomic mass is 16.5. The number of carbonyl (C=O) groups is 2. The van der Waals surface area contributed by atoms with Gasteiger partial charge in [0.25, 0.3) is 5.91 Å². The zero-order chi connectivity index (χ0) is 16.9. The van der Waals surface area contributed by atoms with Crippen LogP contribution in [0, 0.1) is 0 Å². The second kappa shape index (κ2) is 7.66. The molecular formula is C18H25N3O3. The molecule has 1 N–H and O–H groups in total. The number of nitrogens with one attached hydrogen (secondary N) is 1. The summed E-state index contributed by atoms with van der Waals surface area (Å²) in [5.41, 5.74) is 2.09. The van der Waals surface area contributed by atoms with Gasteiger partial charge < -0.3 is 15.0 Å². The van der Waals surface area contributed by atoms with Crippen LogP contribution < -0.4 is 10.2 Å². The topological polar surface area (TPSA) is 61.9 Å². The van der Waals surface area contributed by atoms with E-state index < -0.39 is 6.04 Å². The van der Waals surface area contributed by atoms with Gasteiger partial charge in [0.1, 0.15) is 6.04 Å². The smallest absolute Gasteiger partial charge is 0.252 e. The minimum Gasteiger partial charge on any atom is -0.383 e. The summed E-state index contributed by atoms with van der Waals surface area (Å²) in [5, 5.41) is 3.19. The molecule has 0 unspecified atom stereocenters. The van der Waals surface area contributed by atoms with Gasteiger partial charge in [0.15, 0.2) is 0 Å². The van der Waals surface area contributed by atoms with Crippen LogP contribution in [0.4, 0.5) is 11.4 Å². The van der Waals surface area contributed by atoms with E-state index in [1.165, 1.54) is 29.8 Å². The summed E-state index contributed by atoms with van der Waals surface area (Å²) >= 11 is 0. The fourth-order valence-electron chi connectivity index (χ4n) is 3.34. The number of nitrogens with zero attached hydrogens (tertiary/aromatic N) is 2. The van der Waals surface area contributed by atoms with Crippen molar-refractivity contribution in [2.75, 3.05) is 43.6 Å². The van der Waals surface area contributed by atoms with Crippen molar-refractivity contribution in [3.8, 4) is 0 Å². The summed E-state index contributed by atoms with van der Waals surface area (Å²) in [5.74, 6) is -0.309. The Balaban J connectivity index is 1.59. The first-order valence-corrected chi connectivity index (χ1v) is 8.64. The summed E-state index contributed by atoms with van der Waals surface area (Å²) in [4.78, 5) is 27.9. The van der Waals surface area contributed by atoms with E-state index in [4.69, 9.17) is 4.74 Å². The molecule has 0 bridgehead atoms. The first-order valence-electron chi connectivity index (χ1n) is 8.64. The van der Waals surface area contributed by atoms with E-state index >= 15 is 0 Å². The van der Waals surface area contributed by atoms with Crippen molar-refractivity contribution in [1.29, 1.82) is 0 Å². The third kappa shape index (κ3) is 3.70. The van der Waals surface area contributed by atoms with E-state index in [9.17, 15) is 9.59 Å². The summed E-state index contributed by atoms with van der Waals surface area (Å²) in [6, 6.07) is 7.66. The van der Waals surface area contributed by atoms with Crippen LogP contribution in [0.3, 0.4) is 0 Å². The van der Waals surface area contributed by atoms with Crippen LogP contribution in [0.25, 0.3) is 0 Å². The molecule has 3 rings (SSSR count). The largest absolute Gasteiger partial charge is 0.383 e. The monoisotopic (exact) mass is 331 g/mol. The maximum absolute atomic E-state index is 12.3. The van der Waals surface area contributed by atoms with Crippen LogP contribution in [-0.2, 0) is 14.3 Å². The van der Waals surface area contributed by atoms with Gasteiger partial charge in [-0.05, 0) is 43.5 Å². The van der Waals surface area contributed by atoms with E-state index in [2.05, 4.69) is 22.3 Å². The van der Waals surface area contributed by atoms with Crippen LogP contribution >= 0.6 is 0 Å². The van der Waals surface area contributed by atoms with E-state index in [1.54, 1.807) is 7.11 Å². The maximum Gasteiger partial charge on any atom is 0.252 e. The minimum atomic E-state index is -0.477. The molecule has 1 aromatic rings. The predicted octanol–water partition coefficient (Wildman–Crippen LogP) is 1.86. The highest BCUT2D eigenvalue weighted by molar-refractivity contribution is 6.06. The lowest BCUT2D eigenvalue weighted by Gasteiger charge is -2.29. The number of methoxy groups -OCH3 is 1. The molecule has 1 aromatic carbocycles. The van der Waals surface area contributed by atoms with E-state index in [1.807, 2.05) is 12.1 Å². The second-order valence-corrected chi connectivity index (χ2v) is 6.37. The number of amides is 2. The number of carbonyl (C=O) groups excluding carboxylic acids is 2. The molecule has 2 saturated heterocycles. The van der Waals surface area contributed by atoms with Gasteiger partial charge in [-0.2, -0.15) is 0 Å². The van der Waals surface area contributed by atoms with Gasteiger partial charge in [0, 0.05) is 31.6 Å². The van der Waals surface area contributed by atoms with Crippen molar-refractivity contribution in [2.45, 2.75) is 31.7 Å². The zero-order valence-electron chi connectivity index (χ0n) is 14.2. The molecule has 2 aliphatic heterocycles. The molecule has 2 aliphatic rings. The van der Waals surface area contributed by atoms with Crippen molar-refractivity contribution >= 4 is 23.2 Å². The molecule has 1 atom stereocenters.